The summed E-state index contributed by atoms with van der Waals surface area (Å²) in [5, 5.41) is 11.9. The van der Waals surface area contributed by atoms with Gasteiger partial charge in [0.25, 0.3) is 0 Å². The average molecular weight is 399 g/mol. The molecular formula is C21H30N6S. The summed E-state index contributed by atoms with van der Waals surface area (Å²) < 4.78 is 2.44. The molecule has 0 bridgehead atoms. The van der Waals surface area contributed by atoms with Crippen LogP contribution >= 0.6 is 11.8 Å². The summed E-state index contributed by atoms with van der Waals surface area (Å²) in [5.41, 5.74) is 1.07. The minimum Gasteiger partial charge on any atom is -0.357 e. The Kier molecular flexibility index (Phi) is 6.20. The first-order valence-corrected chi connectivity index (χ1v) is 11.4. The van der Waals surface area contributed by atoms with Gasteiger partial charge in [-0.3, -0.25) is 4.57 Å². The summed E-state index contributed by atoms with van der Waals surface area (Å²) in [5.74, 6) is 3.06. The Bertz CT molecular complexity index is 776. The molecular weight excluding hydrogens is 368 g/mol. The van der Waals surface area contributed by atoms with Crippen LogP contribution in [0.3, 0.4) is 0 Å². The topological polar surface area (TPSA) is 58.3 Å². The van der Waals surface area contributed by atoms with Crippen LogP contribution < -0.4 is 5.32 Å². The molecule has 0 unspecified atom stereocenters. The molecule has 2 aromatic rings. The van der Waals surface area contributed by atoms with Crippen molar-refractivity contribution in [3.8, 4) is 5.69 Å². The first-order valence-electron chi connectivity index (χ1n) is 10.4. The maximum absolute atomic E-state index is 4.94. The van der Waals surface area contributed by atoms with Crippen LogP contribution in [0, 0.1) is 0 Å². The maximum atomic E-state index is 4.94. The summed E-state index contributed by atoms with van der Waals surface area (Å²) >= 11 is 2.19. The summed E-state index contributed by atoms with van der Waals surface area (Å²) in [6, 6.07) is 10.2. The smallest absolute Gasteiger partial charge is 0.194 e. The quantitative estimate of drug-likeness (QED) is 0.631. The van der Waals surface area contributed by atoms with Crippen LogP contribution in [0.4, 0.5) is 0 Å². The molecule has 1 aliphatic carbocycles. The van der Waals surface area contributed by atoms with E-state index in [1.165, 1.54) is 37.9 Å². The van der Waals surface area contributed by atoms with Crippen LogP contribution in [0.2, 0.25) is 0 Å². The molecule has 1 aliphatic heterocycles. The number of aromatic nitrogens is 3. The predicted octanol–water partition coefficient (Wildman–Crippen LogP) is 3.48. The van der Waals surface area contributed by atoms with E-state index in [2.05, 4.69) is 51.2 Å². The largest absolute Gasteiger partial charge is 0.357 e. The van der Waals surface area contributed by atoms with Crippen molar-refractivity contribution in [3.63, 3.8) is 0 Å². The van der Waals surface area contributed by atoms with Crippen molar-refractivity contribution in [2.75, 3.05) is 25.4 Å². The number of hydrogen-bond acceptors (Lipinski definition) is 4. The summed E-state index contributed by atoms with van der Waals surface area (Å²) in [6.45, 7) is 5.70. The molecule has 2 aliphatic rings. The second-order valence-electron chi connectivity index (χ2n) is 7.64. The van der Waals surface area contributed by atoms with Crippen molar-refractivity contribution in [2.24, 2.45) is 4.99 Å². The van der Waals surface area contributed by atoms with E-state index in [1.54, 1.807) is 6.33 Å². The van der Waals surface area contributed by atoms with E-state index in [-0.39, 0.29) is 0 Å². The van der Waals surface area contributed by atoms with Gasteiger partial charge >= 0.3 is 0 Å². The molecule has 28 heavy (non-hydrogen) atoms. The molecule has 7 heteroatoms. The Morgan fingerprint density at radius 3 is 2.82 bits per heavy atom. The molecule has 0 atom stereocenters. The summed E-state index contributed by atoms with van der Waals surface area (Å²) in [4.78, 5) is 7.41. The zero-order valence-corrected chi connectivity index (χ0v) is 17.5. The number of rotatable bonds is 4. The fraction of sp³-hybridized carbons (Fsp3) is 0.571. The third-order valence-electron chi connectivity index (χ3n) is 5.67. The van der Waals surface area contributed by atoms with Crippen LogP contribution in [0.15, 0.2) is 41.7 Å². The molecule has 0 radical (unpaired) electrons. The van der Waals surface area contributed by atoms with E-state index >= 15 is 0 Å². The molecule has 6 nitrogen and oxygen atoms in total. The van der Waals surface area contributed by atoms with Gasteiger partial charge in [-0.05, 0) is 31.9 Å². The number of guanidine groups is 1. The van der Waals surface area contributed by atoms with Crippen molar-refractivity contribution >= 4 is 17.7 Å². The summed E-state index contributed by atoms with van der Waals surface area (Å²) in [7, 11) is 0. The van der Waals surface area contributed by atoms with E-state index in [0.717, 1.165) is 37.1 Å². The molecule has 1 aromatic heterocycles. The van der Waals surface area contributed by atoms with Crippen molar-refractivity contribution in [3.05, 3.63) is 42.5 Å². The van der Waals surface area contributed by atoms with Gasteiger partial charge in [-0.15, -0.1) is 10.2 Å². The van der Waals surface area contributed by atoms with Crippen LogP contribution in [0.25, 0.3) is 5.69 Å². The van der Waals surface area contributed by atoms with Gasteiger partial charge in [0.05, 0.1) is 0 Å². The van der Waals surface area contributed by atoms with Crippen molar-refractivity contribution in [1.82, 2.24) is 25.0 Å². The highest BCUT2D eigenvalue weighted by molar-refractivity contribution is 8.00. The molecule has 2 fully saturated rings. The van der Waals surface area contributed by atoms with Crippen LogP contribution in [0.1, 0.15) is 44.9 Å². The third kappa shape index (κ3) is 4.35. The summed E-state index contributed by atoms with van der Waals surface area (Å²) in [6.07, 6.45) is 8.59. The van der Waals surface area contributed by atoms with E-state index < -0.39 is 0 Å². The Labute approximate surface area is 171 Å². The minimum absolute atomic E-state index is 0.427. The Balaban J connectivity index is 1.51. The van der Waals surface area contributed by atoms with E-state index in [0.29, 0.717) is 11.3 Å². The third-order valence-corrected chi connectivity index (χ3v) is 7.21. The van der Waals surface area contributed by atoms with E-state index in [1.807, 2.05) is 22.8 Å². The predicted molar refractivity (Wildman–Crippen MR) is 116 cm³/mol. The molecule has 1 spiro atoms. The molecule has 1 saturated heterocycles. The number of para-hydroxylation sites is 1. The highest BCUT2D eigenvalue weighted by Gasteiger charge is 2.38. The zero-order chi connectivity index (χ0) is 19.2. The van der Waals surface area contributed by atoms with Gasteiger partial charge in [-0.1, -0.05) is 37.5 Å². The number of nitrogens with one attached hydrogen (secondary N) is 1. The van der Waals surface area contributed by atoms with Crippen LogP contribution in [-0.2, 0) is 6.54 Å². The van der Waals surface area contributed by atoms with Crippen LogP contribution in [0.5, 0.6) is 0 Å². The fourth-order valence-electron chi connectivity index (χ4n) is 4.27. The maximum Gasteiger partial charge on any atom is 0.194 e. The SMILES string of the molecule is CCNC(=NCc1nncn1-c1ccccc1)N1CCSC2(CCCCC2)C1. The minimum atomic E-state index is 0.427. The Morgan fingerprint density at radius 1 is 1.21 bits per heavy atom. The van der Waals surface area contributed by atoms with Crippen LogP contribution in [-0.4, -0.2) is 55.8 Å². The van der Waals surface area contributed by atoms with E-state index in [9.17, 15) is 0 Å². The number of nitrogens with zero attached hydrogens (tertiary/aromatic N) is 5. The second-order valence-corrected chi connectivity index (χ2v) is 9.20. The van der Waals surface area contributed by atoms with Gasteiger partial charge in [0, 0.05) is 35.8 Å². The first kappa shape index (κ1) is 19.3. The van der Waals surface area contributed by atoms with Crippen molar-refractivity contribution < 1.29 is 0 Å². The van der Waals surface area contributed by atoms with Crippen molar-refractivity contribution in [1.29, 1.82) is 0 Å². The lowest BCUT2D eigenvalue weighted by molar-refractivity contribution is 0.293. The second kappa shape index (κ2) is 8.99. The Morgan fingerprint density at radius 2 is 2.04 bits per heavy atom. The van der Waals surface area contributed by atoms with Gasteiger partial charge < -0.3 is 10.2 Å². The number of benzene rings is 1. The molecule has 1 saturated carbocycles. The monoisotopic (exact) mass is 398 g/mol. The lowest BCUT2D eigenvalue weighted by atomic mass is 9.87. The first-order chi connectivity index (χ1) is 13.8. The molecule has 2 heterocycles. The lowest BCUT2D eigenvalue weighted by Crippen LogP contribution is -2.53. The number of aliphatic imine (C=N–C) groups is 1. The standard InChI is InChI=1S/C21H30N6S/c1-2-22-20(26-13-14-28-21(16-26)11-7-4-8-12-21)23-15-19-25-24-17-27(19)18-9-5-3-6-10-18/h3,5-6,9-10,17H,2,4,7-8,11-16H2,1H3,(H,22,23). The normalized spacial score (nSPS) is 19.8. The average Bonchev–Trinajstić information content (AvgIpc) is 3.21. The number of hydrogen-bond donors (Lipinski definition) is 1. The molecule has 150 valence electrons. The fourth-order valence-corrected chi connectivity index (χ4v) is 5.84. The molecule has 0 amide bonds. The number of thioether (sulfide) groups is 1. The van der Waals surface area contributed by atoms with E-state index in [4.69, 9.17) is 4.99 Å². The van der Waals surface area contributed by atoms with Gasteiger partial charge in [0.2, 0.25) is 0 Å². The zero-order valence-electron chi connectivity index (χ0n) is 16.7. The highest BCUT2D eigenvalue weighted by Crippen LogP contribution is 2.42. The molecule has 4 rings (SSSR count). The van der Waals surface area contributed by atoms with Gasteiger partial charge in [0.1, 0.15) is 12.9 Å². The highest BCUT2D eigenvalue weighted by atomic mass is 32.2. The molecule has 1 aromatic carbocycles. The Hall–Kier alpha value is -2.02. The van der Waals surface area contributed by atoms with Crippen molar-refractivity contribution in [2.45, 2.75) is 50.3 Å². The van der Waals surface area contributed by atoms with Gasteiger partial charge in [-0.25, -0.2) is 4.99 Å². The van der Waals surface area contributed by atoms with Gasteiger partial charge in [0.15, 0.2) is 11.8 Å². The van der Waals surface area contributed by atoms with Gasteiger partial charge in [-0.2, -0.15) is 11.8 Å². The lowest BCUT2D eigenvalue weighted by Gasteiger charge is -2.45. The molecule has 1 N–H and O–H groups in total.